The molecule has 0 spiro atoms. The van der Waals surface area contributed by atoms with Gasteiger partial charge in [-0.3, -0.25) is 4.79 Å². The summed E-state index contributed by atoms with van der Waals surface area (Å²) in [5.41, 5.74) is 0.00534. The molecule has 18 heavy (non-hydrogen) atoms. The van der Waals surface area contributed by atoms with Crippen molar-refractivity contribution in [1.29, 1.82) is 0 Å². The number of carbonyl (C=O) groups excluding carboxylic acids is 1. The first kappa shape index (κ1) is 15.3. The summed E-state index contributed by atoms with van der Waals surface area (Å²) in [4.78, 5) is 13.8. The van der Waals surface area contributed by atoms with Crippen LogP contribution in [-0.4, -0.2) is 29.3 Å². The third-order valence-corrected chi connectivity index (χ3v) is 3.16. The fraction of sp³-hybridized carbons (Fsp3) is 0.462. The van der Waals surface area contributed by atoms with Gasteiger partial charge >= 0.3 is 0 Å². The predicted octanol–water partition coefficient (Wildman–Crippen LogP) is 3.96. The van der Waals surface area contributed by atoms with Crippen molar-refractivity contribution in [3.8, 4) is 0 Å². The molecular weight excluding hydrogens is 276 g/mol. The maximum atomic E-state index is 13.8. The van der Waals surface area contributed by atoms with E-state index in [-0.39, 0.29) is 22.5 Å². The van der Waals surface area contributed by atoms with E-state index in [1.54, 1.807) is 11.0 Å². The molecule has 1 rings (SSSR count). The van der Waals surface area contributed by atoms with Crippen molar-refractivity contribution < 1.29 is 9.18 Å². The number of hydrogen-bond donors (Lipinski definition) is 0. The van der Waals surface area contributed by atoms with Crippen LogP contribution >= 0.6 is 23.2 Å². The van der Waals surface area contributed by atoms with Crippen LogP contribution in [0.2, 0.25) is 5.02 Å². The van der Waals surface area contributed by atoms with Crippen LogP contribution in [-0.2, 0) is 0 Å². The van der Waals surface area contributed by atoms with Crippen molar-refractivity contribution in [2.75, 3.05) is 12.4 Å². The molecule has 0 unspecified atom stereocenters. The third kappa shape index (κ3) is 3.59. The molecule has 5 heteroatoms. The summed E-state index contributed by atoms with van der Waals surface area (Å²) in [5, 5.41) is -0.0399. The lowest BCUT2D eigenvalue weighted by Gasteiger charge is -2.26. The highest BCUT2D eigenvalue weighted by atomic mass is 35.5. The summed E-state index contributed by atoms with van der Waals surface area (Å²) in [6.45, 7) is 4.27. The van der Waals surface area contributed by atoms with Crippen LogP contribution < -0.4 is 0 Å². The van der Waals surface area contributed by atoms with Crippen LogP contribution in [0.15, 0.2) is 18.2 Å². The van der Waals surface area contributed by atoms with Gasteiger partial charge in [0.2, 0.25) is 0 Å². The fourth-order valence-electron chi connectivity index (χ4n) is 1.65. The molecule has 0 aliphatic heterocycles. The Kier molecular flexibility index (Phi) is 5.89. The van der Waals surface area contributed by atoms with E-state index >= 15 is 0 Å². The van der Waals surface area contributed by atoms with E-state index in [1.807, 2.05) is 13.8 Å². The predicted molar refractivity (Wildman–Crippen MR) is 72.9 cm³/mol. The Hall–Kier alpha value is -0.800. The highest BCUT2D eigenvalue weighted by molar-refractivity contribution is 6.31. The summed E-state index contributed by atoms with van der Waals surface area (Å²) in [5.74, 6) is -0.551. The Labute approximate surface area is 117 Å². The number of benzene rings is 1. The van der Waals surface area contributed by atoms with Gasteiger partial charge in [0.15, 0.2) is 5.82 Å². The maximum Gasteiger partial charge on any atom is 0.257 e. The molecule has 0 saturated heterocycles. The third-order valence-electron chi connectivity index (χ3n) is 2.60. The number of carbonyl (C=O) groups is 1. The quantitative estimate of drug-likeness (QED) is 0.752. The van der Waals surface area contributed by atoms with Crippen LogP contribution in [0.3, 0.4) is 0 Å². The van der Waals surface area contributed by atoms with Gasteiger partial charge < -0.3 is 4.90 Å². The van der Waals surface area contributed by atoms with Gasteiger partial charge in [0.25, 0.3) is 5.91 Å². The van der Waals surface area contributed by atoms with E-state index in [1.165, 1.54) is 12.1 Å². The lowest BCUT2D eigenvalue weighted by molar-refractivity contribution is 0.0701. The van der Waals surface area contributed by atoms with E-state index in [0.717, 1.165) is 0 Å². The zero-order valence-electron chi connectivity index (χ0n) is 10.4. The molecule has 0 N–H and O–H groups in total. The molecule has 1 aromatic rings. The van der Waals surface area contributed by atoms with Gasteiger partial charge in [0.05, 0.1) is 10.6 Å². The molecule has 0 bridgehead atoms. The van der Waals surface area contributed by atoms with Crippen molar-refractivity contribution >= 4 is 29.1 Å². The van der Waals surface area contributed by atoms with E-state index in [2.05, 4.69) is 0 Å². The molecular formula is C13H16Cl2FNO. The van der Waals surface area contributed by atoms with Crippen molar-refractivity contribution in [3.05, 3.63) is 34.6 Å². The zero-order valence-corrected chi connectivity index (χ0v) is 11.9. The second kappa shape index (κ2) is 6.95. The molecule has 2 nitrogen and oxygen atoms in total. The minimum atomic E-state index is -0.666. The van der Waals surface area contributed by atoms with E-state index in [4.69, 9.17) is 23.2 Å². The molecule has 0 atom stereocenters. The van der Waals surface area contributed by atoms with E-state index < -0.39 is 5.82 Å². The molecule has 0 aromatic heterocycles. The van der Waals surface area contributed by atoms with Crippen molar-refractivity contribution in [2.24, 2.45) is 0 Å². The van der Waals surface area contributed by atoms with Crippen LogP contribution in [0.25, 0.3) is 0 Å². The highest BCUT2D eigenvalue weighted by Gasteiger charge is 2.22. The van der Waals surface area contributed by atoms with E-state index in [9.17, 15) is 9.18 Å². The van der Waals surface area contributed by atoms with Gasteiger partial charge in [-0.05, 0) is 32.4 Å². The van der Waals surface area contributed by atoms with E-state index in [0.29, 0.717) is 18.8 Å². The normalized spacial score (nSPS) is 10.8. The Morgan fingerprint density at radius 3 is 2.67 bits per heavy atom. The first-order chi connectivity index (χ1) is 8.49. The Balaban J connectivity index is 2.98. The largest absolute Gasteiger partial charge is 0.336 e. The molecule has 0 aliphatic carbocycles. The topological polar surface area (TPSA) is 20.3 Å². The van der Waals surface area contributed by atoms with Crippen molar-refractivity contribution in [3.63, 3.8) is 0 Å². The van der Waals surface area contributed by atoms with Crippen molar-refractivity contribution in [2.45, 2.75) is 26.3 Å². The maximum absolute atomic E-state index is 13.8. The van der Waals surface area contributed by atoms with Crippen LogP contribution in [0.1, 0.15) is 30.6 Å². The standard InChI is InChI=1S/C13H16Cl2FNO/c1-9(2)17(8-4-7-14)13(18)10-5-3-6-11(15)12(10)16/h3,5-6,9H,4,7-8H2,1-2H3. The summed E-state index contributed by atoms with van der Waals surface area (Å²) in [6.07, 6.45) is 0.674. The molecule has 1 aromatic carbocycles. The monoisotopic (exact) mass is 291 g/mol. The van der Waals surface area contributed by atoms with Crippen LogP contribution in [0.5, 0.6) is 0 Å². The lowest BCUT2D eigenvalue weighted by atomic mass is 10.1. The number of hydrogen-bond acceptors (Lipinski definition) is 1. The summed E-state index contributed by atoms with van der Waals surface area (Å²) in [6, 6.07) is 4.42. The number of alkyl halides is 1. The first-order valence-electron chi connectivity index (χ1n) is 5.80. The van der Waals surface area contributed by atoms with Gasteiger partial charge in [-0.15, -0.1) is 11.6 Å². The summed E-state index contributed by atoms with van der Waals surface area (Å²) >= 11 is 11.3. The Morgan fingerprint density at radius 2 is 2.11 bits per heavy atom. The SMILES string of the molecule is CC(C)N(CCCCl)C(=O)c1cccc(Cl)c1F. The number of nitrogens with zero attached hydrogens (tertiary/aromatic N) is 1. The van der Waals surface area contributed by atoms with Crippen LogP contribution in [0.4, 0.5) is 4.39 Å². The second-order valence-corrected chi connectivity index (χ2v) is 5.02. The average Bonchev–Trinajstić information content (AvgIpc) is 2.32. The van der Waals surface area contributed by atoms with Gasteiger partial charge in [0, 0.05) is 18.5 Å². The molecule has 1 amide bonds. The minimum Gasteiger partial charge on any atom is -0.336 e. The molecule has 0 fully saturated rings. The van der Waals surface area contributed by atoms with Gasteiger partial charge in [-0.25, -0.2) is 4.39 Å². The van der Waals surface area contributed by atoms with Crippen molar-refractivity contribution in [1.82, 2.24) is 4.90 Å². The summed E-state index contributed by atoms with van der Waals surface area (Å²) in [7, 11) is 0. The molecule has 0 radical (unpaired) electrons. The second-order valence-electron chi connectivity index (χ2n) is 4.24. The van der Waals surface area contributed by atoms with Crippen LogP contribution in [0, 0.1) is 5.82 Å². The Bertz CT molecular complexity index is 423. The lowest BCUT2D eigenvalue weighted by Crippen LogP contribution is -2.38. The number of amides is 1. The fourth-order valence-corrected chi connectivity index (χ4v) is 1.94. The van der Waals surface area contributed by atoms with Gasteiger partial charge in [0.1, 0.15) is 0 Å². The molecule has 0 heterocycles. The number of halogens is 3. The number of rotatable bonds is 5. The highest BCUT2D eigenvalue weighted by Crippen LogP contribution is 2.20. The first-order valence-corrected chi connectivity index (χ1v) is 6.71. The zero-order chi connectivity index (χ0) is 13.7. The minimum absolute atomic E-state index is 0.00534. The molecule has 100 valence electrons. The Morgan fingerprint density at radius 1 is 1.44 bits per heavy atom. The average molecular weight is 292 g/mol. The molecule has 0 saturated carbocycles. The molecule has 0 aliphatic rings. The smallest absolute Gasteiger partial charge is 0.257 e. The summed E-state index contributed by atoms with van der Waals surface area (Å²) < 4.78 is 13.8. The van der Waals surface area contributed by atoms with Gasteiger partial charge in [-0.1, -0.05) is 17.7 Å². The van der Waals surface area contributed by atoms with Gasteiger partial charge in [-0.2, -0.15) is 0 Å².